The highest BCUT2D eigenvalue weighted by atomic mass is 32.1. The first-order valence-corrected chi connectivity index (χ1v) is 3.76. The fourth-order valence-electron chi connectivity index (χ4n) is 0.533. The number of ketones is 1. The summed E-state index contributed by atoms with van der Waals surface area (Å²) in [6.07, 6.45) is 0.382. The predicted molar refractivity (Wildman–Crippen MR) is 36.7 cm³/mol. The van der Waals surface area contributed by atoms with Crippen LogP contribution in [0, 0.1) is 5.95 Å². The van der Waals surface area contributed by atoms with Crippen molar-refractivity contribution in [2.45, 2.75) is 13.3 Å². The number of halogens is 1. The van der Waals surface area contributed by atoms with E-state index in [-0.39, 0.29) is 10.8 Å². The molecule has 0 bridgehead atoms. The lowest BCUT2D eigenvalue weighted by Crippen LogP contribution is -1.94. The number of nitrogens with zero attached hydrogens (tertiary/aromatic N) is 1. The number of aromatic nitrogens is 1. The van der Waals surface area contributed by atoms with E-state index in [1.165, 1.54) is 5.38 Å². The van der Waals surface area contributed by atoms with Crippen molar-refractivity contribution in [3.05, 3.63) is 16.3 Å². The van der Waals surface area contributed by atoms with Gasteiger partial charge in [-0.25, -0.2) is 4.98 Å². The van der Waals surface area contributed by atoms with Crippen LogP contribution in [0.4, 0.5) is 4.39 Å². The molecule has 0 aliphatic rings. The molecule has 0 aliphatic heterocycles. The van der Waals surface area contributed by atoms with Crippen LogP contribution >= 0.6 is 11.3 Å². The first-order valence-electron chi connectivity index (χ1n) is 2.88. The van der Waals surface area contributed by atoms with Crippen molar-refractivity contribution < 1.29 is 9.18 Å². The van der Waals surface area contributed by atoms with E-state index in [0.717, 1.165) is 11.3 Å². The van der Waals surface area contributed by atoms with Crippen molar-refractivity contribution in [1.29, 1.82) is 0 Å². The Bertz CT molecular complexity index is 246. The minimum atomic E-state index is -0.568. The third kappa shape index (κ3) is 1.39. The van der Waals surface area contributed by atoms with Crippen LogP contribution in [0.2, 0.25) is 0 Å². The normalized spacial score (nSPS) is 9.80. The molecule has 4 heteroatoms. The van der Waals surface area contributed by atoms with Gasteiger partial charge in [0.25, 0.3) is 0 Å². The Morgan fingerprint density at radius 1 is 1.90 bits per heavy atom. The molecular formula is C6H6FNOS. The van der Waals surface area contributed by atoms with Gasteiger partial charge >= 0.3 is 0 Å². The third-order valence-corrected chi connectivity index (χ3v) is 1.89. The Morgan fingerprint density at radius 2 is 2.60 bits per heavy atom. The summed E-state index contributed by atoms with van der Waals surface area (Å²) in [5, 5.41) is 1.49. The highest BCUT2D eigenvalue weighted by molar-refractivity contribution is 7.11. The van der Waals surface area contributed by atoms with Gasteiger partial charge < -0.3 is 0 Å². The van der Waals surface area contributed by atoms with E-state index < -0.39 is 5.95 Å². The number of Topliss-reactive ketones (excluding diaryl/α,β-unsaturated/α-hetero) is 1. The SMILES string of the molecule is CCC(=O)c1nc(F)cs1. The van der Waals surface area contributed by atoms with Crippen LogP contribution in [0.25, 0.3) is 0 Å². The van der Waals surface area contributed by atoms with Gasteiger partial charge in [0.1, 0.15) is 0 Å². The molecule has 1 heterocycles. The Hall–Kier alpha value is -0.770. The molecule has 0 spiro atoms. The standard InChI is InChI=1S/C6H6FNOS/c1-2-4(9)6-8-5(7)3-10-6/h3H,2H2,1H3. The average Bonchev–Trinajstić information content (AvgIpc) is 2.34. The second-order valence-corrected chi connectivity index (χ2v) is 2.61. The summed E-state index contributed by atoms with van der Waals surface area (Å²) in [7, 11) is 0. The number of thiazole rings is 1. The van der Waals surface area contributed by atoms with E-state index in [1.54, 1.807) is 6.92 Å². The molecule has 0 saturated heterocycles. The highest BCUT2D eigenvalue weighted by Gasteiger charge is 2.07. The number of carbonyl (C=O) groups excluding carboxylic acids is 1. The molecule has 0 radical (unpaired) electrons. The molecular weight excluding hydrogens is 153 g/mol. The number of carbonyl (C=O) groups is 1. The van der Waals surface area contributed by atoms with E-state index in [0.29, 0.717) is 6.42 Å². The van der Waals surface area contributed by atoms with E-state index in [2.05, 4.69) is 4.98 Å². The average molecular weight is 159 g/mol. The van der Waals surface area contributed by atoms with E-state index in [9.17, 15) is 9.18 Å². The molecule has 0 unspecified atom stereocenters. The summed E-state index contributed by atoms with van der Waals surface area (Å²) >= 11 is 1.05. The Balaban J connectivity index is 2.85. The molecule has 2 nitrogen and oxygen atoms in total. The lowest BCUT2D eigenvalue weighted by Gasteiger charge is -1.85. The predicted octanol–water partition coefficient (Wildman–Crippen LogP) is 1.87. The molecule has 0 aromatic carbocycles. The lowest BCUT2D eigenvalue weighted by molar-refractivity contribution is 0.0987. The van der Waals surface area contributed by atoms with E-state index in [4.69, 9.17) is 0 Å². The fraction of sp³-hybridized carbons (Fsp3) is 0.333. The van der Waals surface area contributed by atoms with Crippen LogP contribution < -0.4 is 0 Å². The minimum absolute atomic E-state index is 0.103. The van der Waals surface area contributed by atoms with E-state index >= 15 is 0 Å². The van der Waals surface area contributed by atoms with Crippen LogP contribution in [0.3, 0.4) is 0 Å². The Labute approximate surface area is 61.7 Å². The zero-order chi connectivity index (χ0) is 7.56. The summed E-state index contributed by atoms with van der Waals surface area (Å²) in [6, 6.07) is 0. The molecule has 0 fully saturated rings. The molecule has 0 aliphatic carbocycles. The van der Waals surface area contributed by atoms with Crippen LogP contribution in [-0.2, 0) is 0 Å². The maximum absolute atomic E-state index is 12.2. The summed E-state index contributed by atoms with van der Waals surface area (Å²) in [4.78, 5) is 14.2. The molecule has 54 valence electrons. The van der Waals surface area contributed by atoms with Gasteiger partial charge in [-0.15, -0.1) is 11.3 Å². The van der Waals surface area contributed by atoms with Gasteiger partial charge in [0.2, 0.25) is 5.95 Å². The summed E-state index contributed by atoms with van der Waals surface area (Å²) in [6.45, 7) is 1.72. The van der Waals surface area contributed by atoms with Gasteiger partial charge in [-0.2, -0.15) is 4.39 Å². The summed E-state index contributed by atoms with van der Waals surface area (Å²) in [5.74, 6) is -0.671. The first kappa shape index (κ1) is 7.34. The van der Waals surface area contributed by atoms with Gasteiger partial charge in [0.05, 0.1) is 0 Å². The molecule has 0 N–H and O–H groups in total. The van der Waals surface area contributed by atoms with Gasteiger partial charge in [0.15, 0.2) is 10.8 Å². The van der Waals surface area contributed by atoms with Gasteiger partial charge in [-0.1, -0.05) is 6.92 Å². The largest absolute Gasteiger partial charge is 0.292 e. The maximum atomic E-state index is 12.2. The van der Waals surface area contributed by atoms with Crippen LogP contribution in [0.15, 0.2) is 5.38 Å². The Morgan fingerprint density at radius 3 is 3.00 bits per heavy atom. The summed E-state index contributed by atoms with van der Waals surface area (Å²) in [5.41, 5.74) is 0. The zero-order valence-corrected chi connectivity index (χ0v) is 6.24. The number of hydrogen-bond acceptors (Lipinski definition) is 3. The van der Waals surface area contributed by atoms with Crippen molar-refractivity contribution in [1.82, 2.24) is 4.98 Å². The Kier molecular flexibility index (Phi) is 2.11. The zero-order valence-electron chi connectivity index (χ0n) is 5.43. The smallest absolute Gasteiger partial charge is 0.224 e. The number of rotatable bonds is 2. The third-order valence-electron chi connectivity index (χ3n) is 1.04. The van der Waals surface area contributed by atoms with Crippen LogP contribution in [-0.4, -0.2) is 10.8 Å². The minimum Gasteiger partial charge on any atom is -0.292 e. The quantitative estimate of drug-likeness (QED) is 0.616. The monoisotopic (exact) mass is 159 g/mol. The highest BCUT2D eigenvalue weighted by Crippen LogP contribution is 2.09. The second-order valence-electron chi connectivity index (χ2n) is 1.75. The lowest BCUT2D eigenvalue weighted by atomic mass is 10.3. The fourth-order valence-corrected chi connectivity index (χ4v) is 1.21. The summed E-state index contributed by atoms with van der Waals surface area (Å²) < 4.78 is 12.2. The van der Waals surface area contributed by atoms with Crippen LogP contribution in [0.1, 0.15) is 23.1 Å². The van der Waals surface area contributed by atoms with Crippen molar-refractivity contribution in [3.63, 3.8) is 0 Å². The maximum Gasteiger partial charge on any atom is 0.224 e. The van der Waals surface area contributed by atoms with Crippen molar-refractivity contribution in [2.75, 3.05) is 0 Å². The molecule has 1 aromatic heterocycles. The van der Waals surface area contributed by atoms with E-state index in [1.807, 2.05) is 0 Å². The van der Waals surface area contributed by atoms with Crippen molar-refractivity contribution in [2.24, 2.45) is 0 Å². The molecule has 0 atom stereocenters. The van der Waals surface area contributed by atoms with Gasteiger partial charge in [-0.05, 0) is 0 Å². The van der Waals surface area contributed by atoms with Crippen LogP contribution in [0.5, 0.6) is 0 Å². The van der Waals surface area contributed by atoms with Crippen molar-refractivity contribution >= 4 is 17.1 Å². The molecule has 1 aromatic rings. The first-order chi connectivity index (χ1) is 4.74. The molecule has 1 rings (SSSR count). The topological polar surface area (TPSA) is 30.0 Å². The second kappa shape index (κ2) is 2.88. The molecule has 0 saturated carbocycles. The van der Waals surface area contributed by atoms with Gasteiger partial charge in [0, 0.05) is 11.8 Å². The van der Waals surface area contributed by atoms with Crippen molar-refractivity contribution in [3.8, 4) is 0 Å². The number of hydrogen-bond donors (Lipinski definition) is 0. The molecule has 10 heavy (non-hydrogen) atoms. The molecule has 0 amide bonds. The van der Waals surface area contributed by atoms with Gasteiger partial charge in [-0.3, -0.25) is 4.79 Å².